The van der Waals surface area contributed by atoms with Gasteiger partial charge in [0.2, 0.25) is 0 Å². The lowest BCUT2D eigenvalue weighted by atomic mass is 9.81. The minimum atomic E-state index is -3.60. The standard InChI is InChI=1S/C16H23FO3S/c1-12-7-9-16(18,10-8-12)11-21(19,20)13(2)14-5-3-4-6-15(14)17/h3-6,12-13,18H,7-11H2,1-2H3/t12?,13-,16?/m1/s1. The number of benzene rings is 1. The minimum absolute atomic E-state index is 0.172. The zero-order chi connectivity index (χ0) is 15.7. The van der Waals surface area contributed by atoms with Crippen molar-refractivity contribution in [1.82, 2.24) is 0 Å². The number of aliphatic hydroxyl groups is 1. The minimum Gasteiger partial charge on any atom is -0.389 e. The summed E-state index contributed by atoms with van der Waals surface area (Å²) in [5.41, 5.74) is -0.990. The molecule has 1 N–H and O–H groups in total. The summed E-state index contributed by atoms with van der Waals surface area (Å²) in [6, 6.07) is 5.92. The molecule has 1 fully saturated rings. The largest absolute Gasteiger partial charge is 0.389 e. The van der Waals surface area contributed by atoms with Crippen molar-refractivity contribution in [3.8, 4) is 0 Å². The van der Waals surface area contributed by atoms with E-state index in [4.69, 9.17) is 0 Å². The number of rotatable bonds is 4. The van der Waals surface area contributed by atoms with Crippen molar-refractivity contribution in [1.29, 1.82) is 0 Å². The predicted molar refractivity (Wildman–Crippen MR) is 81.2 cm³/mol. The average molecular weight is 314 g/mol. The highest BCUT2D eigenvalue weighted by molar-refractivity contribution is 7.91. The van der Waals surface area contributed by atoms with E-state index in [1.54, 1.807) is 6.07 Å². The third kappa shape index (κ3) is 3.83. The number of hydrogen-bond acceptors (Lipinski definition) is 3. The predicted octanol–water partition coefficient (Wildman–Crippen LogP) is 3.24. The van der Waals surface area contributed by atoms with Crippen molar-refractivity contribution in [2.45, 2.75) is 50.4 Å². The second kappa shape index (κ2) is 6.05. The summed E-state index contributed by atoms with van der Waals surface area (Å²) >= 11 is 0. The zero-order valence-electron chi connectivity index (χ0n) is 12.5. The van der Waals surface area contributed by atoms with Crippen LogP contribution in [0.5, 0.6) is 0 Å². The summed E-state index contributed by atoms with van der Waals surface area (Å²) in [6.07, 6.45) is 2.66. The molecule has 0 bridgehead atoms. The van der Waals surface area contributed by atoms with Gasteiger partial charge in [-0.2, -0.15) is 0 Å². The lowest BCUT2D eigenvalue weighted by molar-refractivity contribution is 0.0134. The fourth-order valence-corrected chi connectivity index (χ4v) is 4.81. The molecular weight excluding hydrogens is 291 g/mol. The molecule has 5 heteroatoms. The van der Waals surface area contributed by atoms with Crippen molar-refractivity contribution < 1.29 is 17.9 Å². The van der Waals surface area contributed by atoms with Gasteiger partial charge in [0.25, 0.3) is 0 Å². The fourth-order valence-electron chi connectivity index (χ4n) is 2.94. The van der Waals surface area contributed by atoms with Crippen molar-refractivity contribution in [3.63, 3.8) is 0 Å². The average Bonchev–Trinajstić information content (AvgIpc) is 2.42. The van der Waals surface area contributed by atoms with E-state index in [2.05, 4.69) is 6.92 Å². The first-order valence-electron chi connectivity index (χ1n) is 7.42. The van der Waals surface area contributed by atoms with E-state index in [-0.39, 0.29) is 11.3 Å². The Kier molecular flexibility index (Phi) is 4.73. The summed E-state index contributed by atoms with van der Waals surface area (Å²) in [5.74, 6) is -0.280. The topological polar surface area (TPSA) is 54.4 Å². The monoisotopic (exact) mass is 314 g/mol. The molecule has 0 aliphatic heterocycles. The van der Waals surface area contributed by atoms with Crippen LogP contribution in [0, 0.1) is 11.7 Å². The van der Waals surface area contributed by atoms with Crippen LogP contribution in [0.1, 0.15) is 50.3 Å². The van der Waals surface area contributed by atoms with Crippen LogP contribution in [-0.2, 0) is 9.84 Å². The maximum atomic E-state index is 13.8. The molecule has 0 spiro atoms. The molecule has 0 heterocycles. The summed E-state index contributed by atoms with van der Waals surface area (Å²) in [6.45, 7) is 3.60. The van der Waals surface area contributed by atoms with Crippen LogP contribution in [0.2, 0.25) is 0 Å². The van der Waals surface area contributed by atoms with Gasteiger partial charge in [0.1, 0.15) is 5.82 Å². The molecular formula is C16H23FO3S. The van der Waals surface area contributed by atoms with E-state index >= 15 is 0 Å². The molecule has 0 aromatic heterocycles. The van der Waals surface area contributed by atoms with Gasteiger partial charge in [-0.05, 0) is 44.6 Å². The molecule has 1 aliphatic rings. The SMILES string of the molecule is CC1CCC(O)(CS(=O)(=O)[C@H](C)c2ccccc2F)CC1. The maximum absolute atomic E-state index is 13.8. The summed E-state index contributed by atoms with van der Waals surface area (Å²) in [4.78, 5) is 0. The van der Waals surface area contributed by atoms with E-state index in [0.717, 1.165) is 12.8 Å². The molecule has 1 aromatic rings. The molecule has 118 valence electrons. The quantitative estimate of drug-likeness (QED) is 0.928. The molecule has 1 aliphatic carbocycles. The fraction of sp³-hybridized carbons (Fsp3) is 0.625. The first kappa shape index (κ1) is 16.4. The molecule has 1 atom stereocenters. The van der Waals surface area contributed by atoms with Crippen LogP contribution in [0.25, 0.3) is 0 Å². The molecule has 0 radical (unpaired) electrons. The Balaban J connectivity index is 2.17. The van der Waals surface area contributed by atoms with Crippen molar-refractivity contribution >= 4 is 9.84 Å². The van der Waals surface area contributed by atoms with Gasteiger partial charge in [-0.25, -0.2) is 12.8 Å². The van der Waals surface area contributed by atoms with Gasteiger partial charge in [-0.3, -0.25) is 0 Å². The van der Waals surface area contributed by atoms with E-state index in [9.17, 15) is 17.9 Å². The van der Waals surface area contributed by atoms with Crippen LogP contribution in [0.3, 0.4) is 0 Å². The molecule has 0 saturated heterocycles. The Labute approximate surface area is 126 Å². The lowest BCUT2D eigenvalue weighted by Crippen LogP contribution is -2.41. The Morgan fingerprint density at radius 1 is 1.33 bits per heavy atom. The van der Waals surface area contributed by atoms with Crippen LogP contribution in [0.4, 0.5) is 4.39 Å². The summed E-state index contributed by atoms with van der Waals surface area (Å²) in [7, 11) is -3.60. The molecule has 21 heavy (non-hydrogen) atoms. The Morgan fingerprint density at radius 2 is 1.90 bits per heavy atom. The molecule has 2 rings (SSSR count). The number of halogens is 1. The highest BCUT2D eigenvalue weighted by atomic mass is 32.2. The van der Waals surface area contributed by atoms with Crippen molar-refractivity contribution in [3.05, 3.63) is 35.6 Å². The molecule has 3 nitrogen and oxygen atoms in total. The smallest absolute Gasteiger partial charge is 0.159 e. The van der Waals surface area contributed by atoms with E-state index in [0.29, 0.717) is 18.8 Å². The molecule has 1 aromatic carbocycles. The Morgan fingerprint density at radius 3 is 2.48 bits per heavy atom. The van der Waals surface area contributed by atoms with Crippen molar-refractivity contribution in [2.75, 3.05) is 5.75 Å². The highest BCUT2D eigenvalue weighted by Gasteiger charge is 2.39. The van der Waals surface area contributed by atoms with Gasteiger partial charge in [0, 0.05) is 5.56 Å². The summed E-state index contributed by atoms with van der Waals surface area (Å²) in [5, 5.41) is 9.57. The van der Waals surface area contributed by atoms with Gasteiger partial charge in [0.15, 0.2) is 9.84 Å². The van der Waals surface area contributed by atoms with E-state index in [1.165, 1.54) is 25.1 Å². The molecule has 0 amide bonds. The Bertz CT molecular complexity index is 589. The van der Waals surface area contributed by atoms with Gasteiger partial charge >= 0.3 is 0 Å². The number of sulfone groups is 1. The van der Waals surface area contributed by atoms with Crippen LogP contribution in [-0.4, -0.2) is 24.9 Å². The first-order valence-corrected chi connectivity index (χ1v) is 9.13. The molecule has 0 unspecified atom stereocenters. The van der Waals surface area contributed by atoms with Gasteiger partial charge in [-0.15, -0.1) is 0 Å². The first-order chi connectivity index (χ1) is 9.73. The maximum Gasteiger partial charge on any atom is 0.159 e. The second-order valence-electron chi connectivity index (χ2n) is 6.38. The van der Waals surface area contributed by atoms with E-state index < -0.39 is 26.5 Å². The zero-order valence-corrected chi connectivity index (χ0v) is 13.4. The van der Waals surface area contributed by atoms with E-state index in [1.807, 2.05) is 0 Å². The third-order valence-electron chi connectivity index (χ3n) is 4.56. The van der Waals surface area contributed by atoms with Crippen LogP contribution in [0.15, 0.2) is 24.3 Å². The number of hydrogen-bond donors (Lipinski definition) is 1. The summed E-state index contributed by atoms with van der Waals surface area (Å²) < 4.78 is 38.8. The van der Waals surface area contributed by atoms with Gasteiger partial charge in [0.05, 0.1) is 16.6 Å². The highest BCUT2D eigenvalue weighted by Crippen LogP contribution is 2.35. The van der Waals surface area contributed by atoms with Crippen molar-refractivity contribution in [2.24, 2.45) is 5.92 Å². The lowest BCUT2D eigenvalue weighted by Gasteiger charge is -2.35. The van der Waals surface area contributed by atoms with Gasteiger partial charge < -0.3 is 5.11 Å². The normalized spacial score (nSPS) is 28.3. The van der Waals surface area contributed by atoms with Crippen LogP contribution < -0.4 is 0 Å². The third-order valence-corrected chi connectivity index (χ3v) is 6.83. The second-order valence-corrected chi connectivity index (χ2v) is 8.70. The van der Waals surface area contributed by atoms with Crippen LogP contribution >= 0.6 is 0 Å². The molecule has 1 saturated carbocycles. The Hall–Kier alpha value is -0.940. The van der Waals surface area contributed by atoms with Gasteiger partial charge in [-0.1, -0.05) is 25.1 Å².